The van der Waals surface area contributed by atoms with Gasteiger partial charge in [-0.15, -0.1) is 5.10 Å². The van der Waals surface area contributed by atoms with Gasteiger partial charge in [0, 0.05) is 30.2 Å². The highest BCUT2D eigenvalue weighted by molar-refractivity contribution is 5.98. The van der Waals surface area contributed by atoms with Crippen LogP contribution in [0, 0.1) is 6.07 Å². The minimum Gasteiger partial charge on any atom is -0.365 e. The van der Waals surface area contributed by atoms with E-state index in [1.165, 1.54) is 4.52 Å². The fourth-order valence-electron chi connectivity index (χ4n) is 1.66. The third-order valence-corrected chi connectivity index (χ3v) is 2.48. The maximum absolute atomic E-state index is 11.3. The van der Waals surface area contributed by atoms with Crippen LogP contribution in [-0.2, 0) is 0 Å². The van der Waals surface area contributed by atoms with Gasteiger partial charge in [0.1, 0.15) is 0 Å². The molecule has 87 valence electrons. The van der Waals surface area contributed by atoms with Gasteiger partial charge in [-0.25, -0.2) is 9.50 Å². The number of nitrogens with two attached hydrogens (primary N) is 1. The Hall–Kier alpha value is -2.76. The molecule has 0 saturated carbocycles. The van der Waals surface area contributed by atoms with Gasteiger partial charge in [-0.3, -0.25) is 9.78 Å². The van der Waals surface area contributed by atoms with Gasteiger partial charge >= 0.3 is 0 Å². The average Bonchev–Trinajstić information content (AvgIpc) is 2.83. The molecule has 0 aliphatic carbocycles. The van der Waals surface area contributed by atoms with Crippen molar-refractivity contribution in [3.05, 3.63) is 48.4 Å². The number of amides is 1. The maximum atomic E-state index is 11.3. The Morgan fingerprint density at radius 1 is 1.33 bits per heavy atom. The Kier molecular flexibility index (Phi) is 2.26. The van der Waals surface area contributed by atoms with Crippen LogP contribution in [0.25, 0.3) is 17.0 Å². The smallest absolute Gasteiger partial charge is 0.253 e. The molecule has 18 heavy (non-hydrogen) atoms. The lowest BCUT2D eigenvalue weighted by molar-refractivity contribution is 0.100. The molecule has 0 saturated heterocycles. The first-order chi connectivity index (χ1) is 8.75. The quantitative estimate of drug-likeness (QED) is 0.711. The van der Waals surface area contributed by atoms with E-state index in [9.17, 15) is 4.79 Å². The van der Waals surface area contributed by atoms with Crippen LogP contribution < -0.4 is 5.73 Å². The number of hydrogen-bond acceptors (Lipinski definition) is 4. The van der Waals surface area contributed by atoms with Crippen LogP contribution in [0.2, 0.25) is 0 Å². The lowest BCUT2D eigenvalue weighted by atomic mass is 10.2. The van der Waals surface area contributed by atoms with Crippen LogP contribution in [0.3, 0.4) is 0 Å². The van der Waals surface area contributed by atoms with Crippen molar-refractivity contribution in [1.82, 2.24) is 19.6 Å². The van der Waals surface area contributed by atoms with Crippen molar-refractivity contribution in [1.29, 1.82) is 0 Å². The number of pyridine rings is 2. The maximum Gasteiger partial charge on any atom is 0.253 e. The SMILES string of the molecule is NC(=O)c1[c]ccn2nc(-c3ccncc3)nc12. The predicted octanol–water partition coefficient (Wildman–Crippen LogP) is 0.690. The minimum absolute atomic E-state index is 0.227. The number of nitrogens with zero attached hydrogens (tertiary/aromatic N) is 4. The summed E-state index contributed by atoms with van der Waals surface area (Å²) in [4.78, 5) is 19.5. The molecule has 3 aromatic heterocycles. The average molecular weight is 238 g/mol. The number of primary amides is 1. The molecule has 0 atom stereocenters. The van der Waals surface area contributed by atoms with E-state index in [0.717, 1.165) is 5.56 Å². The van der Waals surface area contributed by atoms with Gasteiger partial charge in [0.15, 0.2) is 11.5 Å². The first kappa shape index (κ1) is 10.4. The molecule has 0 aromatic carbocycles. The van der Waals surface area contributed by atoms with E-state index in [0.29, 0.717) is 11.5 Å². The van der Waals surface area contributed by atoms with Gasteiger partial charge < -0.3 is 5.73 Å². The molecular formula is C12H8N5O. The van der Waals surface area contributed by atoms with Gasteiger partial charge in [-0.05, 0) is 18.2 Å². The molecule has 1 radical (unpaired) electrons. The molecule has 0 spiro atoms. The highest BCUT2D eigenvalue weighted by atomic mass is 16.1. The Bertz CT molecular complexity index is 720. The largest absolute Gasteiger partial charge is 0.365 e. The molecule has 1 amide bonds. The van der Waals surface area contributed by atoms with Crippen LogP contribution in [0.1, 0.15) is 10.4 Å². The van der Waals surface area contributed by atoms with Gasteiger partial charge in [0.25, 0.3) is 5.91 Å². The zero-order valence-corrected chi connectivity index (χ0v) is 9.24. The fourth-order valence-corrected chi connectivity index (χ4v) is 1.66. The lowest BCUT2D eigenvalue weighted by Crippen LogP contribution is -2.12. The molecule has 2 N–H and O–H groups in total. The van der Waals surface area contributed by atoms with Crippen molar-refractivity contribution in [2.75, 3.05) is 0 Å². The predicted molar refractivity (Wildman–Crippen MR) is 63.6 cm³/mol. The molecule has 6 nitrogen and oxygen atoms in total. The standard InChI is InChI=1S/C12H8N5O/c13-10(18)9-2-1-7-17-12(9)15-11(16-17)8-3-5-14-6-4-8/h1,3-7H,(H2,13,18). The molecule has 0 aliphatic heterocycles. The van der Waals surface area contributed by atoms with E-state index in [1.807, 2.05) is 0 Å². The topological polar surface area (TPSA) is 86.2 Å². The molecule has 6 heteroatoms. The second-order valence-electron chi connectivity index (χ2n) is 3.64. The van der Waals surface area contributed by atoms with E-state index in [4.69, 9.17) is 5.73 Å². The third-order valence-electron chi connectivity index (χ3n) is 2.48. The Balaban J connectivity index is 2.23. The van der Waals surface area contributed by atoms with E-state index in [1.54, 1.807) is 36.8 Å². The second-order valence-corrected chi connectivity index (χ2v) is 3.64. The number of fused-ring (bicyclic) bond motifs is 1. The van der Waals surface area contributed by atoms with Crippen molar-refractivity contribution >= 4 is 11.6 Å². The van der Waals surface area contributed by atoms with E-state index < -0.39 is 5.91 Å². The van der Waals surface area contributed by atoms with E-state index in [-0.39, 0.29) is 5.56 Å². The summed E-state index contributed by atoms with van der Waals surface area (Å²) in [5.41, 5.74) is 6.72. The van der Waals surface area contributed by atoms with Crippen LogP contribution in [0.5, 0.6) is 0 Å². The van der Waals surface area contributed by atoms with E-state index >= 15 is 0 Å². The highest BCUT2D eigenvalue weighted by Crippen LogP contribution is 2.16. The van der Waals surface area contributed by atoms with Gasteiger partial charge in [-0.1, -0.05) is 0 Å². The van der Waals surface area contributed by atoms with Crippen molar-refractivity contribution in [2.45, 2.75) is 0 Å². The summed E-state index contributed by atoms with van der Waals surface area (Å²) in [7, 11) is 0. The Morgan fingerprint density at radius 3 is 2.83 bits per heavy atom. The molecule has 0 aliphatic rings. The normalized spacial score (nSPS) is 10.7. The highest BCUT2D eigenvalue weighted by Gasteiger charge is 2.12. The van der Waals surface area contributed by atoms with Crippen molar-refractivity contribution in [3.8, 4) is 11.4 Å². The number of carbonyl (C=O) groups is 1. The summed E-state index contributed by atoms with van der Waals surface area (Å²) >= 11 is 0. The molecule has 3 aromatic rings. The molecule has 3 heterocycles. The molecule has 0 bridgehead atoms. The Morgan fingerprint density at radius 2 is 2.11 bits per heavy atom. The number of aromatic nitrogens is 4. The van der Waals surface area contributed by atoms with Crippen LogP contribution in [0.15, 0.2) is 36.8 Å². The van der Waals surface area contributed by atoms with Crippen LogP contribution in [-0.4, -0.2) is 25.5 Å². The van der Waals surface area contributed by atoms with Gasteiger partial charge in [0.2, 0.25) is 0 Å². The minimum atomic E-state index is -0.575. The molecule has 0 unspecified atom stereocenters. The fraction of sp³-hybridized carbons (Fsp3) is 0. The molecule has 3 rings (SSSR count). The zero-order valence-electron chi connectivity index (χ0n) is 9.24. The number of rotatable bonds is 2. The number of carbonyl (C=O) groups excluding carboxylic acids is 1. The summed E-state index contributed by atoms with van der Waals surface area (Å²) in [5.74, 6) is -0.0613. The van der Waals surface area contributed by atoms with Gasteiger partial charge in [-0.2, -0.15) is 0 Å². The van der Waals surface area contributed by atoms with Crippen molar-refractivity contribution in [2.24, 2.45) is 5.73 Å². The second kappa shape index (κ2) is 3.92. The first-order valence-corrected chi connectivity index (χ1v) is 5.23. The summed E-state index contributed by atoms with van der Waals surface area (Å²) in [6.07, 6.45) is 4.98. The zero-order chi connectivity index (χ0) is 12.5. The Labute approximate surface area is 102 Å². The summed E-state index contributed by atoms with van der Waals surface area (Å²) in [5, 5.41) is 4.28. The summed E-state index contributed by atoms with van der Waals surface area (Å²) in [6.45, 7) is 0. The molecular weight excluding hydrogens is 230 g/mol. The van der Waals surface area contributed by atoms with Gasteiger partial charge in [0.05, 0.1) is 5.56 Å². The van der Waals surface area contributed by atoms with Crippen LogP contribution in [0.4, 0.5) is 0 Å². The first-order valence-electron chi connectivity index (χ1n) is 5.23. The summed E-state index contributed by atoms with van der Waals surface area (Å²) in [6, 6.07) is 7.94. The van der Waals surface area contributed by atoms with E-state index in [2.05, 4.69) is 21.1 Å². The molecule has 0 fully saturated rings. The van der Waals surface area contributed by atoms with Crippen molar-refractivity contribution < 1.29 is 4.79 Å². The lowest BCUT2D eigenvalue weighted by Gasteiger charge is -1.94. The monoisotopic (exact) mass is 238 g/mol. The number of hydrogen-bond donors (Lipinski definition) is 1. The van der Waals surface area contributed by atoms with Crippen LogP contribution >= 0.6 is 0 Å². The summed E-state index contributed by atoms with van der Waals surface area (Å²) < 4.78 is 1.51. The van der Waals surface area contributed by atoms with Crippen molar-refractivity contribution in [3.63, 3.8) is 0 Å². The third kappa shape index (κ3) is 1.60.